The molecule has 3 amide bonds. The average Bonchev–Trinajstić information content (AvgIpc) is 3.22. The van der Waals surface area contributed by atoms with E-state index in [2.05, 4.69) is 20.9 Å². The van der Waals surface area contributed by atoms with Gasteiger partial charge in [0.05, 0.1) is 23.4 Å². The van der Waals surface area contributed by atoms with Crippen LogP contribution in [0.4, 0.5) is 21.0 Å². The second-order valence-electron chi connectivity index (χ2n) is 9.38. The fourth-order valence-corrected chi connectivity index (χ4v) is 7.24. The molecule has 1 aliphatic carbocycles. The Morgan fingerprint density at radius 2 is 1.81 bits per heavy atom. The average molecular weight is 516 g/mol. The van der Waals surface area contributed by atoms with Crippen LogP contribution in [0.25, 0.3) is 20.7 Å². The minimum Gasteiger partial charge on any atom is -0.456 e. The summed E-state index contributed by atoms with van der Waals surface area (Å²) in [6, 6.07) is 16.3. The van der Waals surface area contributed by atoms with Crippen LogP contribution < -0.4 is 20.7 Å². The zero-order valence-corrected chi connectivity index (χ0v) is 21.1. The van der Waals surface area contributed by atoms with Crippen molar-refractivity contribution in [3.63, 3.8) is 0 Å². The van der Waals surface area contributed by atoms with Gasteiger partial charge in [0.1, 0.15) is 33.0 Å². The van der Waals surface area contributed by atoms with Gasteiger partial charge in [-0.05, 0) is 49.6 Å². The van der Waals surface area contributed by atoms with E-state index in [1.54, 1.807) is 12.3 Å². The molecular weight excluding hydrogens is 488 g/mol. The molecule has 3 heterocycles. The number of carbonyl (C=O) groups is 2. The van der Waals surface area contributed by atoms with Crippen LogP contribution in [0, 0.1) is 6.92 Å². The number of aliphatic hydroxyl groups excluding tert-OH is 1. The fourth-order valence-electron chi connectivity index (χ4n) is 5.09. The fraction of sp³-hybridized carbons (Fsp3) is 0.250. The third-order valence-corrected chi connectivity index (χ3v) is 8.96. The largest absolute Gasteiger partial charge is 0.458 e. The summed E-state index contributed by atoms with van der Waals surface area (Å²) >= 11 is 0. The topological polar surface area (TPSA) is 113 Å². The van der Waals surface area contributed by atoms with Gasteiger partial charge in [0.25, 0.3) is 4.83 Å². The molecule has 0 spiro atoms. The maximum Gasteiger partial charge on any atom is 0.458 e. The molecule has 1 saturated carbocycles. The van der Waals surface area contributed by atoms with Gasteiger partial charge in [0, 0.05) is 6.20 Å². The Balaban J connectivity index is 1.54. The molecule has 0 bridgehead atoms. The number of amides is 3. The van der Waals surface area contributed by atoms with Gasteiger partial charge in [0.15, 0.2) is 0 Å². The monoisotopic (exact) mass is 515 g/mol. The summed E-state index contributed by atoms with van der Waals surface area (Å²) < 4.78 is 6.36. The van der Waals surface area contributed by atoms with Crippen LogP contribution in [-0.2, 0) is 0 Å². The number of hydrogen-bond donors (Lipinski definition) is 4. The standard InChI is InChI=1S/C28H26N4O4S/c1-16-8-2-6-12-21(16)36-22-13-7-3-9-17(22)25-24-23-19(30-27(34)32-24)14-15-29-26(23)37(25)28(35)31-18-10-4-5-11-20(18)33/h2-3,6-9,12-15,18,20,33H,4-5,10-11H2,1H3,(H2-,29,30,31,32,34,35)/p+1. The van der Waals surface area contributed by atoms with Crippen LogP contribution in [0.1, 0.15) is 31.2 Å². The number of aryl methyl sites for hydroxylation is 1. The van der Waals surface area contributed by atoms with Crippen molar-refractivity contribution in [2.75, 3.05) is 10.6 Å². The number of hydrogen-bond acceptors (Lipinski definition) is 5. The summed E-state index contributed by atoms with van der Waals surface area (Å²) in [7, 11) is -1.17. The number of aliphatic hydroxyl groups is 1. The number of ether oxygens (including phenoxy) is 1. The van der Waals surface area contributed by atoms with Crippen molar-refractivity contribution >= 4 is 43.3 Å². The lowest BCUT2D eigenvalue weighted by atomic mass is 9.93. The highest BCUT2D eigenvalue weighted by Gasteiger charge is 2.42. The molecule has 2 aliphatic rings. The predicted octanol–water partition coefficient (Wildman–Crippen LogP) is 6.57. The Morgan fingerprint density at radius 3 is 2.62 bits per heavy atom. The zero-order valence-electron chi connectivity index (χ0n) is 20.3. The summed E-state index contributed by atoms with van der Waals surface area (Å²) in [6.07, 6.45) is 4.32. The molecule has 2 aromatic heterocycles. The summed E-state index contributed by atoms with van der Waals surface area (Å²) in [5, 5.41) is 19.9. The molecule has 37 heavy (non-hydrogen) atoms. The van der Waals surface area contributed by atoms with Crippen LogP contribution >= 0.6 is 10.5 Å². The number of urea groups is 1. The van der Waals surface area contributed by atoms with Gasteiger partial charge in [-0.25, -0.2) is 14.6 Å². The highest BCUT2D eigenvalue weighted by atomic mass is 32.2. The SMILES string of the molecule is Cc1ccccc1Oc1ccccc1-c1c2c3c(ccnc3[s+]1C(=O)NC1CCCCC1O)NC(=O)N2. The number of nitrogens with zero attached hydrogens (tertiary/aromatic N) is 1. The highest BCUT2D eigenvalue weighted by molar-refractivity contribution is 7.58. The number of nitrogens with one attached hydrogen (secondary N) is 3. The molecule has 0 saturated heterocycles. The van der Waals surface area contributed by atoms with Gasteiger partial charge < -0.3 is 25.8 Å². The van der Waals surface area contributed by atoms with E-state index in [0.717, 1.165) is 24.8 Å². The number of para-hydroxylation sites is 2. The van der Waals surface area contributed by atoms with E-state index < -0.39 is 16.6 Å². The Morgan fingerprint density at radius 1 is 1.05 bits per heavy atom. The van der Waals surface area contributed by atoms with Gasteiger partial charge in [-0.1, -0.05) is 43.2 Å². The van der Waals surface area contributed by atoms with Crippen molar-refractivity contribution < 1.29 is 19.4 Å². The number of carbonyl (C=O) groups excluding carboxylic acids is 2. The smallest absolute Gasteiger partial charge is 0.456 e. The minimum absolute atomic E-state index is 0.233. The van der Waals surface area contributed by atoms with Gasteiger partial charge in [-0.15, -0.1) is 0 Å². The van der Waals surface area contributed by atoms with Gasteiger partial charge in [-0.3, -0.25) is 0 Å². The minimum atomic E-state index is -1.17. The van der Waals surface area contributed by atoms with Crippen LogP contribution in [0.5, 0.6) is 11.5 Å². The molecule has 4 aromatic rings. The number of pyridine rings is 1. The molecule has 4 N–H and O–H groups in total. The van der Waals surface area contributed by atoms with Crippen LogP contribution in [0.15, 0.2) is 60.8 Å². The van der Waals surface area contributed by atoms with Crippen molar-refractivity contribution in [3.05, 3.63) is 66.4 Å². The van der Waals surface area contributed by atoms with E-state index in [1.807, 2.05) is 55.5 Å². The number of aromatic nitrogens is 1. The third kappa shape index (κ3) is 4.20. The van der Waals surface area contributed by atoms with Crippen molar-refractivity contribution in [1.82, 2.24) is 10.3 Å². The summed E-state index contributed by atoms with van der Waals surface area (Å²) in [4.78, 5) is 32.4. The highest BCUT2D eigenvalue weighted by Crippen LogP contribution is 2.55. The summed E-state index contributed by atoms with van der Waals surface area (Å²) in [5.41, 5.74) is 2.85. The number of benzene rings is 2. The Labute approximate surface area is 216 Å². The van der Waals surface area contributed by atoms with E-state index in [9.17, 15) is 14.7 Å². The van der Waals surface area contributed by atoms with Crippen LogP contribution in [0.3, 0.4) is 0 Å². The van der Waals surface area contributed by atoms with E-state index in [-0.39, 0.29) is 17.3 Å². The molecule has 188 valence electrons. The molecule has 1 aliphatic heterocycles. The van der Waals surface area contributed by atoms with Gasteiger partial charge in [0.2, 0.25) is 4.88 Å². The lowest BCUT2D eigenvalue weighted by Crippen LogP contribution is -2.43. The molecule has 3 atom stereocenters. The molecule has 6 rings (SSSR count). The predicted molar refractivity (Wildman–Crippen MR) is 146 cm³/mol. The third-order valence-electron chi connectivity index (χ3n) is 6.94. The number of thiophene rings is 1. The second-order valence-corrected chi connectivity index (χ2v) is 11.2. The molecule has 2 aromatic carbocycles. The van der Waals surface area contributed by atoms with Gasteiger partial charge >= 0.3 is 11.3 Å². The normalized spacial score (nSPS) is 19.2. The lowest BCUT2D eigenvalue weighted by molar-refractivity contribution is 0.0965. The molecule has 1 fully saturated rings. The second kappa shape index (κ2) is 9.49. The molecule has 3 unspecified atom stereocenters. The molecular formula is C28H27N4O4S+. The molecule has 9 heteroatoms. The maximum atomic E-state index is 13.9. The summed E-state index contributed by atoms with van der Waals surface area (Å²) in [5.74, 6) is 1.28. The first-order chi connectivity index (χ1) is 18.0. The summed E-state index contributed by atoms with van der Waals surface area (Å²) in [6.45, 7) is 1.97. The quantitative estimate of drug-likeness (QED) is 0.225. The lowest BCUT2D eigenvalue weighted by Gasteiger charge is -2.26. The van der Waals surface area contributed by atoms with Crippen LogP contribution in [0.2, 0.25) is 0 Å². The van der Waals surface area contributed by atoms with Gasteiger partial charge in [-0.2, -0.15) is 0 Å². The van der Waals surface area contributed by atoms with Crippen molar-refractivity contribution in [1.29, 1.82) is 0 Å². The first-order valence-corrected chi connectivity index (χ1v) is 13.6. The maximum absolute atomic E-state index is 13.9. The van der Waals surface area contributed by atoms with E-state index >= 15 is 0 Å². The van der Waals surface area contributed by atoms with Crippen molar-refractivity contribution in [2.45, 2.75) is 44.8 Å². The Bertz CT molecular complexity index is 1530. The zero-order chi connectivity index (χ0) is 25.5. The van der Waals surface area contributed by atoms with E-state index in [0.29, 0.717) is 50.0 Å². The first kappa shape index (κ1) is 23.4. The van der Waals surface area contributed by atoms with E-state index in [4.69, 9.17) is 4.74 Å². The molecule has 8 nitrogen and oxygen atoms in total. The van der Waals surface area contributed by atoms with E-state index in [1.165, 1.54) is 0 Å². The number of anilines is 2. The van der Waals surface area contributed by atoms with Crippen molar-refractivity contribution in [2.24, 2.45) is 0 Å². The van der Waals surface area contributed by atoms with Crippen LogP contribution in [-0.4, -0.2) is 33.5 Å². The number of rotatable bonds is 5. The first-order valence-electron chi connectivity index (χ1n) is 12.4. The molecule has 0 radical (unpaired) electrons. The van der Waals surface area contributed by atoms with Crippen molar-refractivity contribution in [3.8, 4) is 21.9 Å². The Hall–Kier alpha value is -3.95. The Kier molecular flexibility index (Phi) is 6.02.